The van der Waals surface area contributed by atoms with Gasteiger partial charge in [-0.1, -0.05) is 18.2 Å². The highest BCUT2D eigenvalue weighted by atomic mass is 32.2. The summed E-state index contributed by atoms with van der Waals surface area (Å²) in [5.41, 5.74) is 0.635. The summed E-state index contributed by atoms with van der Waals surface area (Å²) in [5.74, 6) is 1.12. The van der Waals surface area contributed by atoms with Crippen LogP contribution in [0.2, 0.25) is 0 Å². The van der Waals surface area contributed by atoms with Gasteiger partial charge in [0.15, 0.2) is 0 Å². The first-order chi connectivity index (χ1) is 10.1. The zero-order chi connectivity index (χ0) is 15.2. The number of quaternary nitrogens is 1. The van der Waals surface area contributed by atoms with Crippen molar-refractivity contribution in [3.63, 3.8) is 0 Å². The van der Waals surface area contributed by atoms with Crippen molar-refractivity contribution < 1.29 is 14.5 Å². The number of rotatable bonds is 5. The molecule has 1 aliphatic rings. The van der Waals surface area contributed by atoms with E-state index in [-0.39, 0.29) is 17.9 Å². The van der Waals surface area contributed by atoms with E-state index in [1.807, 2.05) is 32.3 Å². The Hall–Kier alpha value is -1.53. The van der Waals surface area contributed by atoms with E-state index < -0.39 is 0 Å². The van der Waals surface area contributed by atoms with Crippen molar-refractivity contribution in [3.05, 3.63) is 35.9 Å². The molecule has 0 spiro atoms. The van der Waals surface area contributed by atoms with Crippen LogP contribution in [0.1, 0.15) is 10.4 Å². The molecule has 1 fully saturated rings. The van der Waals surface area contributed by atoms with E-state index in [9.17, 15) is 9.59 Å². The van der Waals surface area contributed by atoms with Crippen molar-refractivity contribution in [3.8, 4) is 0 Å². The Morgan fingerprint density at radius 2 is 2.05 bits per heavy atom. The zero-order valence-corrected chi connectivity index (χ0v) is 13.3. The van der Waals surface area contributed by atoms with E-state index in [1.165, 1.54) is 4.90 Å². The Kier molecular flexibility index (Phi) is 5.64. The predicted octanol–water partition coefficient (Wildman–Crippen LogP) is -0.538. The van der Waals surface area contributed by atoms with Gasteiger partial charge in [-0.2, -0.15) is 0 Å². The Labute approximate surface area is 129 Å². The minimum absolute atomic E-state index is 0.0504. The predicted molar refractivity (Wildman–Crippen MR) is 84.4 cm³/mol. The molecule has 0 saturated carbocycles. The number of likely N-dealkylation sites (N-methyl/N-ethyl adjacent to an activating group) is 1. The summed E-state index contributed by atoms with van der Waals surface area (Å²) in [5, 5.41) is 2.93. The summed E-state index contributed by atoms with van der Waals surface area (Å²) in [6, 6.07) is 8.77. The monoisotopic (exact) mass is 308 g/mol. The van der Waals surface area contributed by atoms with Gasteiger partial charge in [0, 0.05) is 11.3 Å². The van der Waals surface area contributed by atoms with Crippen LogP contribution in [-0.2, 0) is 4.79 Å². The van der Waals surface area contributed by atoms with Gasteiger partial charge < -0.3 is 15.1 Å². The number of nitrogens with one attached hydrogen (secondary N) is 2. The molecule has 0 aromatic heterocycles. The van der Waals surface area contributed by atoms with E-state index >= 15 is 0 Å². The highest BCUT2D eigenvalue weighted by Gasteiger charge is 2.34. The summed E-state index contributed by atoms with van der Waals surface area (Å²) in [4.78, 5) is 27.7. The molecular formula is C15H22N3O2S+. The molecule has 2 N–H and O–H groups in total. The van der Waals surface area contributed by atoms with E-state index in [0.717, 1.165) is 6.54 Å². The van der Waals surface area contributed by atoms with Gasteiger partial charge in [0.25, 0.3) is 5.91 Å². The highest BCUT2D eigenvalue weighted by molar-refractivity contribution is 7.99. The molecule has 0 radical (unpaired) electrons. The third-order valence-electron chi connectivity index (χ3n) is 3.39. The summed E-state index contributed by atoms with van der Waals surface area (Å²) < 4.78 is 0. The minimum Gasteiger partial charge on any atom is -0.349 e. The smallest absolute Gasteiger partial charge is 0.255 e. The number of benzene rings is 1. The first-order valence-corrected chi connectivity index (χ1v) is 8.25. The minimum atomic E-state index is -0.361. The lowest BCUT2D eigenvalue weighted by molar-refractivity contribution is -0.856. The van der Waals surface area contributed by atoms with Crippen LogP contribution in [0.3, 0.4) is 0 Å². The average molecular weight is 308 g/mol. The molecule has 2 amide bonds. The topological polar surface area (TPSA) is 53.9 Å². The maximum Gasteiger partial charge on any atom is 0.255 e. The van der Waals surface area contributed by atoms with Crippen LogP contribution in [0.25, 0.3) is 0 Å². The van der Waals surface area contributed by atoms with Crippen LogP contribution >= 0.6 is 11.8 Å². The van der Waals surface area contributed by atoms with Crippen LogP contribution < -0.4 is 10.2 Å². The van der Waals surface area contributed by atoms with Crippen molar-refractivity contribution in [2.24, 2.45) is 0 Å². The first-order valence-electron chi connectivity index (χ1n) is 7.10. The molecule has 0 unspecified atom stereocenters. The molecule has 0 aliphatic carbocycles. The molecule has 2 rings (SSSR count). The second-order valence-corrected chi connectivity index (χ2v) is 6.40. The fourth-order valence-corrected chi connectivity index (χ4v) is 3.31. The molecular weight excluding hydrogens is 286 g/mol. The Balaban J connectivity index is 1.96. The SMILES string of the molecule is C[NH+](C)CCNC(=O)[C@@H]1CSCN1C(=O)c1ccccc1. The summed E-state index contributed by atoms with van der Waals surface area (Å²) >= 11 is 1.62. The van der Waals surface area contributed by atoms with Gasteiger partial charge in [0.1, 0.15) is 6.04 Å². The van der Waals surface area contributed by atoms with Crippen molar-refractivity contribution in [1.29, 1.82) is 0 Å². The lowest BCUT2D eigenvalue weighted by Crippen LogP contribution is -3.06. The molecule has 0 bridgehead atoms. The normalized spacial score (nSPS) is 18.0. The largest absolute Gasteiger partial charge is 0.349 e. The van der Waals surface area contributed by atoms with Crippen LogP contribution in [0.5, 0.6) is 0 Å². The third kappa shape index (κ3) is 4.22. The van der Waals surface area contributed by atoms with Crippen LogP contribution in [0, 0.1) is 0 Å². The van der Waals surface area contributed by atoms with E-state index in [2.05, 4.69) is 5.32 Å². The molecule has 5 nitrogen and oxygen atoms in total. The van der Waals surface area contributed by atoms with Gasteiger partial charge in [-0.15, -0.1) is 11.8 Å². The van der Waals surface area contributed by atoms with E-state index in [0.29, 0.717) is 23.7 Å². The molecule has 1 saturated heterocycles. The second-order valence-electron chi connectivity index (χ2n) is 5.40. The molecule has 1 aromatic rings. The molecule has 1 atom stereocenters. The second kappa shape index (κ2) is 7.47. The lowest BCUT2D eigenvalue weighted by atomic mass is 10.1. The summed E-state index contributed by atoms with van der Waals surface area (Å²) in [6.07, 6.45) is 0. The molecule has 1 aromatic carbocycles. The van der Waals surface area contributed by atoms with Gasteiger partial charge >= 0.3 is 0 Å². The number of nitrogens with zero attached hydrogens (tertiary/aromatic N) is 1. The van der Waals surface area contributed by atoms with Gasteiger partial charge in [-0.25, -0.2) is 0 Å². The van der Waals surface area contributed by atoms with Gasteiger partial charge in [-0.3, -0.25) is 9.59 Å². The summed E-state index contributed by atoms with van der Waals surface area (Å²) in [7, 11) is 4.09. The Morgan fingerprint density at radius 1 is 1.33 bits per heavy atom. The molecule has 114 valence electrons. The number of thioether (sulfide) groups is 1. The lowest BCUT2D eigenvalue weighted by Gasteiger charge is -2.23. The molecule has 1 aliphatic heterocycles. The molecule has 21 heavy (non-hydrogen) atoms. The van der Waals surface area contributed by atoms with Crippen LogP contribution in [0.4, 0.5) is 0 Å². The zero-order valence-electron chi connectivity index (χ0n) is 12.5. The molecule has 6 heteroatoms. The Bertz CT molecular complexity index is 493. The standard InChI is InChI=1S/C15H21N3O2S/c1-17(2)9-8-16-14(19)13-10-21-11-18(13)15(20)12-6-4-3-5-7-12/h3-7,13H,8-11H2,1-2H3,(H,16,19)/p+1/t13-/m0/s1. The number of amides is 2. The van der Waals surface area contributed by atoms with Crippen molar-refractivity contribution >= 4 is 23.6 Å². The van der Waals surface area contributed by atoms with Crippen molar-refractivity contribution in [1.82, 2.24) is 10.2 Å². The summed E-state index contributed by atoms with van der Waals surface area (Å²) in [6.45, 7) is 1.51. The third-order valence-corrected chi connectivity index (χ3v) is 4.40. The van der Waals surface area contributed by atoms with Gasteiger partial charge in [0.05, 0.1) is 33.1 Å². The number of carbonyl (C=O) groups excluding carboxylic acids is 2. The fourth-order valence-electron chi connectivity index (χ4n) is 2.16. The van der Waals surface area contributed by atoms with Crippen molar-refractivity contribution in [2.75, 3.05) is 38.8 Å². The quantitative estimate of drug-likeness (QED) is 0.768. The van der Waals surface area contributed by atoms with Gasteiger partial charge in [0.2, 0.25) is 5.91 Å². The highest BCUT2D eigenvalue weighted by Crippen LogP contribution is 2.23. The van der Waals surface area contributed by atoms with E-state index in [1.54, 1.807) is 28.8 Å². The van der Waals surface area contributed by atoms with Crippen LogP contribution in [0.15, 0.2) is 30.3 Å². The van der Waals surface area contributed by atoms with Crippen LogP contribution in [-0.4, -0.2) is 61.6 Å². The maximum atomic E-state index is 12.5. The number of hydrogen-bond acceptors (Lipinski definition) is 3. The average Bonchev–Trinajstić information content (AvgIpc) is 2.96. The first kappa shape index (κ1) is 15.9. The number of carbonyl (C=O) groups is 2. The Morgan fingerprint density at radius 3 is 2.71 bits per heavy atom. The van der Waals surface area contributed by atoms with Gasteiger partial charge in [-0.05, 0) is 12.1 Å². The fraction of sp³-hybridized carbons (Fsp3) is 0.467. The molecule has 1 heterocycles. The maximum absolute atomic E-state index is 12.5. The van der Waals surface area contributed by atoms with Crippen molar-refractivity contribution in [2.45, 2.75) is 6.04 Å². The van der Waals surface area contributed by atoms with E-state index in [4.69, 9.17) is 0 Å². The number of hydrogen-bond donors (Lipinski definition) is 2.